The highest BCUT2D eigenvalue weighted by Crippen LogP contribution is 2.12. The number of thiophene rings is 1. The topological polar surface area (TPSA) is 126 Å². The SMILES string of the molecule is CS(=O)(=O)NCCNC(=NCc1ccc([N+](=O)[O-])cc1)NCCc1cccs1. The zero-order chi connectivity index (χ0) is 20.4. The molecule has 11 heteroatoms. The Balaban J connectivity index is 1.92. The molecule has 1 aromatic heterocycles. The molecule has 1 aromatic carbocycles. The van der Waals surface area contributed by atoms with E-state index in [0.29, 0.717) is 25.6 Å². The van der Waals surface area contributed by atoms with Gasteiger partial charge in [0.15, 0.2) is 5.96 Å². The lowest BCUT2D eigenvalue weighted by molar-refractivity contribution is -0.384. The highest BCUT2D eigenvalue weighted by atomic mass is 32.2. The molecule has 0 saturated heterocycles. The fraction of sp³-hybridized carbons (Fsp3) is 0.353. The minimum Gasteiger partial charge on any atom is -0.356 e. The van der Waals surface area contributed by atoms with Crippen LogP contribution in [0.25, 0.3) is 0 Å². The van der Waals surface area contributed by atoms with Crippen molar-refractivity contribution in [3.05, 3.63) is 62.3 Å². The van der Waals surface area contributed by atoms with Crippen LogP contribution in [0, 0.1) is 10.1 Å². The first kappa shape index (κ1) is 21.8. The van der Waals surface area contributed by atoms with Crippen molar-refractivity contribution < 1.29 is 13.3 Å². The minimum atomic E-state index is -3.24. The molecule has 0 bridgehead atoms. The van der Waals surface area contributed by atoms with E-state index in [1.165, 1.54) is 17.0 Å². The van der Waals surface area contributed by atoms with Gasteiger partial charge in [-0.25, -0.2) is 18.1 Å². The minimum absolute atomic E-state index is 0.0343. The van der Waals surface area contributed by atoms with E-state index in [1.807, 2.05) is 11.4 Å². The van der Waals surface area contributed by atoms with Gasteiger partial charge in [-0.15, -0.1) is 11.3 Å². The number of nitro benzene ring substituents is 1. The number of rotatable bonds is 10. The maximum absolute atomic E-state index is 11.1. The van der Waals surface area contributed by atoms with Crippen molar-refractivity contribution in [3.63, 3.8) is 0 Å². The van der Waals surface area contributed by atoms with Gasteiger partial charge in [0.05, 0.1) is 17.7 Å². The first-order chi connectivity index (χ1) is 13.3. The fourth-order valence-corrected chi connectivity index (χ4v) is 3.43. The van der Waals surface area contributed by atoms with Crippen molar-refractivity contribution in [2.24, 2.45) is 4.99 Å². The van der Waals surface area contributed by atoms with Crippen molar-refractivity contribution in [2.75, 3.05) is 25.9 Å². The molecule has 1 heterocycles. The summed E-state index contributed by atoms with van der Waals surface area (Å²) in [6, 6.07) is 10.3. The molecule has 0 aliphatic rings. The summed E-state index contributed by atoms with van der Waals surface area (Å²) in [6.07, 6.45) is 1.95. The van der Waals surface area contributed by atoms with Crippen LogP contribution >= 0.6 is 11.3 Å². The van der Waals surface area contributed by atoms with Gasteiger partial charge in [0, 0.05) is 36.6 Å². The van der Waals surface area contributed by atoms with Crippen LogP contribution < -0.4 is 15.4 Å². The molecule has 0 aliphatic carbocycles. The van der Waals surface area contributed by atoms with Crippen molar-refractivity contribution in [3.8, 4) is 0 Å². The molecule has 0 aliphatic heterocycles. The van der Waals surface area contributed by atoms with Crippen molar-refractivity contribution in [2.45, 2.75) is 13.0 Å². The second-order valence-electron chi connectivity index (χ2n) is 5.94. The van der Waals surface area contributed by atoms with Gasteiger partial charge in [0.25, 0.3) is 5.69 Å². The van der Waals surface area contributed by atoms with Crippen LogP contribution in [0.3, 0.4) is 0 Å². The maximum Gasteiger partial charge on any atom is 0.269 e. The van der Waals surface area contributed by atoms with Gasteiger partial charge >= 0.3 is 0 Å². The van der Waals surface area contributed by atoms with Crippen LogP contribution in [-0.4, -0.2) is 45.2 Å². The molecule has 152 valence electrons. The summed E-state index contributed by atoms with van der Waals surface area (Å²) in [6.45, 7) is 1.62. The maximum atomic E-state index is 11.1. The van der Waals surface area contributed by atoms with Gasteiger partial charge in [0.1, 0.15) is 0 Å². The Kier molecular flexibility index (Phi) is 8.36. The predicted molar refractivity (Wildman–Crippen MR) is 111 cm³/mol. The highest BCUT2D eigenvalue weighted by molar-refractivity contribution is 7.88. The lowest BCUT2D eigenvalue weighted by Gasteiger charge is -2.12. The molecule has 0 unspecified atom stereocenters. The summed E-state index contributed by atoms with van der Waals surface area (Å²) >= 11 is 1.68. The average molecular weight is 426 g/mol. The van der Waals surface area contributed by atoms with E-state index in [0.717, 1.165) is 18.2 Å². The number of aliphatic imine (C=N–C) groups is 1. The van der Waals surface area contributed by atoms with Crippen molar-refractivity contribution in [1.82, 2.24) is 15.4 Å². The van der Waals surface area contributed by atoms with Crippen LogP contribution in [-0.2, 0) is 23.0 Å². The number of sulfonamides is 1. The number of benzene rings is 1. The van der Waals surface area contributed by atoms with E-state index in [2.05, 4.69) is 26.4 Å². The van der Waals surface area contributed by atoms with E-state index in [1.54, 1.807) is 23.5 Å². The second kappa shape index (κ2) is 10.7. The number of nitrogens with zero attached hydrogens (tertiary/aromatic N) is 2. The molecule has 0 amide bonds. The molecule has 3 N–H and O–H groups in total. The Bertz CT molecular complexity index is 881. The lowest BCUT2D eigenvalue weighted by Crippen LogP contribution is -2.42. The number of nitro groups is 1. The molecule has 0 fully saturated rings. The molecule has 9 nitrogen and oxygen atoms in total. The Morgan fingerprint density at radius 2 is 1.86 bits per heavy atom. The lowest BCUT2D eigenvalue weighted by atomic mass is 10.2. The quantitative estimate of drug-likeness (QED) is 0.174. The Labute approximate surface area is 168 Å². The number of hydrogen-bond acceptors (Lipinski definition) is 6. The van der Waals surface area contributed by atoms with E-state index >= 15 is 0 Å². The van der Waals surface area contributed by atoms with Crippen LogP contribution in [0.5, 0.6) is 0 Å². The molecule has 0 spiro atoms. The smallest absolute Gasteiger partial charge is 0.269 e. The molecule has 28 heavy (non-hydrogen) atoms. The molecular formula is C17H23N5O4S2. The monoisotopic (exact) mass is 425 g/mol. The van der Waals surface area contributed by atoms with Crippen molar-refractivity contribution >= 4 is 33.0 Å². The predicted octanol–water partition coefficient (Wildman–Crippen LogP) is 1.48. The normalized spacial score (nSPS) is 12.0. The van der Waals surface area contributed by atoms with E-state index in [4.69, 9.17) is 0 Å². The van der Waals surface area contributed by atoms with Crippen LogP contribution in [0.2, 0.25) is 0 Å². The summed E-state index contributed by atoms with van der Waals surface area (Å²) in [5.74, 6) is 0.546. The summed E-state index contributed by atoms with van der Waals surface area (Å²) in [5, 5.41) is 19.0. The van der Waals surface area contributed by atoms with Gasteiger partial charge in [-0.3, -0.25) is 10.1 Å². The standard InChI is InChI=1S/C17H23N5O4S2/c1-28(25,26)21-11-10-19-17(18-9-8-16-3-2-12-27-16)20-13-14-4-6-15(7-5-14)22(23)24/h2-7,12,21H,8-11,13H2,1H3,(H2,18,19,20). The average Bonchev–Trinajstić information content (AvgIpc) is 3.15. The van der Waals surface area contributed by atoms with E-state index < -0.39 is 14.9 Å². The van der Waals surface area contributed by atoms with Crippen LogP contribution in [0.15, 0.2) is 46.8 Å². The zero-order valence-electron chi connectivity index (χ0n) is 15.4. The number of hydrogen-bond donors (Lipinski definition) is 3. The van der Waals surface area contributed by atoms with Crippen molar-refractivity contribution in [1.29, 1.82) is 0 Å². The summed E-state index contributed by atoms with van der Waals surface area (Å²) < 4.78 is 24.7. The van der Waals surface area contributed by atoms with Gasteiger partial charge in [-0.1, -0.05) is 18.2 Å². The van der Waals surface area contributed by atoms with Gasteiger partial charge in [0.2, 0.25) is 10.0 Å². The third-order valence-electron chi connectivity index (χ3n) is 3.59. The summed E-state index contributed by atoms with van der Waals surface area (Å²) in [4.78, 5) is 16.0. The number of non-ortho nitro benzene ring substituents is 1. The third-order valence-corrected chi connectivity index (χ3v) is 5.26. The van der Waals surface area contributed by atoms with Gasteiger partial charge in [-0.2, -0.15) is 0 Å². The summed E-state index contributed by atoms with van der Waals surface area (Å²) in [5.41, 5.74) is 0.867. The molecule has 2 rings (SSSR count). The van der Waals surface area contributed by atoms with Gasteiger partial charge < -0.3 is 10.6 Å². The Morgan fingerprint density at radius 3 is 2.46 bits per heavy atom. The Morgan fingerprint density at radius 1 is 1.14 bits per heavy atom. The molecule has 0 radical (unpaired) electrons. The van der Waals surface area contributed by atoms with Crippen LogP contribution in [0.1, 0.15) is 10.4 Å². The van der Waals surface area contributed by atoms with E-state index in [-0.39, 0.29) is 12.2 Å². The molecular weight excluding hydrogens is 402 g/mol. The zero-order valence-corrected chi connectivity index (χ0v) is 17.1. The number of guanidine groups is 1. The third kappa shape index (κ3) is 8.46. The second-order valence-corrected chi connectivity index (χ2v) is 8.80. The first-order valence-corrected chi connectivity index (χ1v) is 11.3. The summed E-state index contributed by atoms with van der Waals surface area (Å²) in [7, 11) is -3.24. The molecule has 0 atom stereocenters. The number of nitrogens with one attached hydrogen (secondary N) is 3. The Hall–Kier alpha value is -2.50. The largest absolute Gasteiger partial charge is 0.356 e. The van der Waals surface area contributed by atoms with Crippen LogP contribution in [0.4, 0.5) is 5.69 Å². The first-order valence-electron chi connectivity index (χ1n) is 8.56. The van der Waals surface area contributed by atoms with E-state index in [9.17, 15) is 18.5 Å². The fourth-order valence-electron chi connectivity index (χ4n) is 2.24. The highest BCUT2D eigenvalue weighted by Gasteiger charge is 2.05. The molecule has 0 saturated carbocycles. The van der Waals surface area contributed by atoms with Gasteiger partial charge in [-0.05, 0) is 23.4 Å². The molecule has 2 aromatic rings.